The molecule has 0 saturated heterocycles. The molecule has 1 N–H and O–H groups in total. The van der Waals surface area contributed by atoms with E-state index in [9.17, 15) is 4.39 Å². The molecule has 0 aliphatic rings. The van der Waals surface area contributed by atoms with E-state index < -0.39 is 6.67 Å². The van der Waals surface area contributed by atoms with Gasteiger partial charge in [0.1, 0.15) is 6.67 Å². The van der Waals surface area contributed by atoms with Crippen LogP contribution < -0.4 is 5.32 Å². The molecule has 2 heterocycles. The molecule has 0 radical (unpaired) electrons. The highest BCUT2D eigenvalue weighted by molar-refractivity contribution is 9.10. The lowest BCUT2D eigenvalue weighted by atomic mass is 10.2. The molecular weight excluding hydrogens is 373 g/mol. The number of fused-ring (bicyclic) bond motifs is 1. The second-order valence-electron chi connectivity index (χ2n) is 4.70. The van der Waals surface area contributed by atoms with Gasteiger partial charge in [-0.3, -0.25) is 4.68 Å². The molecule has 0 unspecified atom stereocenters. The summed E-state index contributed by atoms with van der Waals surface area (Å²) in [5.74, 6) is 0.449. The van der Waals surface area contributed by atoms with Gasteiger partial charge in [-0.15, -0.1) is 0 Å². The number of aromatic nitrogens is 4. The van der Waals surface area contributed by atoms with Crippen LogP contribution in [0, 0.1) is 6.92 Å². The molecule has 0 saturated carbocycles. The van der Waals surface area contributed by atoms with Gasteiger partial charge in [-0.25, -0.2) is 14.4 Å². The molecule has 2 aromatic heterocycles. The summed E-state index contributed by atoms with van der Waals surface area (Å²) in [7, 11) is 0. The van der Waals surface area contributed by atoms with Crippen molar-refractivity contribution >= 4 is 50.1 Å². The fourth-order valence-electron chi connectivity index (χ4n) is 2.08. The maximum atomic E-state index is 12.4. The average molecular weight is 385 g/mol. The van der Waals surface area contributed by atoms with Crippen molar-refractivity contribution in [3.8, 4) is 0 Å². The standard InChI is InChI=1S/C14H12BrClFN5/c1-8-13(7-19-22(8)3-2-17)21-14-18-6-9-4-11(16)10(15)5-12(9)20-14/h4-7H,2-3H2,1H3,(H,18,20,21). The minimum absolute atomic E-state index is 0.234. The lowest BCUT2D eigenvalue weighted by molar-refractivity contribution is 0.423. The molecule has 3 rings (SSSR count). The van der Waals surface area contributed by atoms with Crippen LogP contribution in [0.3, 0.4) is 0 Å². The summed E-state index contributed by atoms with van der Waals surface area (Å²) in [6.45, 7) is 1.64. The van der Waals surface area contributed by atoms with E-state index in [1.54, 1.807) is 23.1 Å². The zero-order valence-corrected chi connectivity index (χ0v) is 14.0. The van der Waals surface area contributed by atoms with Crippen LogP contribution >= 0.6 is 27.5 Å². The zero-order chi connectivity index (χ0) is 15.7. The van der Waals surface area contributed by atoms with Gasteiger partial charge in [0, 0.05) is 16.1 Å². The first-order valence-electron chi connectivity index (χ1n) is 6.55. The second kappa shape index (κ2) is 6.18. The van der Waals surface area contributed by atoms with Crippen molar-refractivity contribution in [2.24, 2.45) is 0 Å². The molecule has 0 amide bonds. The van der Waals surface area contributed by atoms with Gasteiger partial charge in [-0.1, -0.05) is 11.6 Å². The number of hydrogen-bond acceptors (Lipinski definition) is 4. The number of rotatable bonds is 4. The van der Waals surface area contributed by atoms with E-state index in [0.29, 0.717) is 11.0 Å². The molecule has 8 heteroatoms. The van der Waals surface area contributed by atoms with E-state index in [-0.39, 0.29) is 6.54 Å². The maximum Gasteiger partial charge on any atom is 0.227 e. The summed E-state index contributed by atoms with van der Waals surface area (Å²) in [4.78, 5) is 8.71. The van der Waals surface area contributed by atoms with E-state index in [0.717, 1.165) is 26.8 Å². The normalized spacial score (nSPS) is 11.1. The minimum atomic E-state index is -0.455. The third kappa shape index (κ3) is 2.91. The molecule has 5 nitrogen and oxygen atoms in total. The summed E-state index contributed by atoms with van der Waals surface area (Å²) in [6.07, 6.45) is 3.33. The summed E-state index contributed by atoms with van der Waals surface area (Å²) < 4.78 is 14.8. The molecule has 22 heavy (non-hydrogen) atoms. The molecule has 1 aromatic carbocycles. The van der Waals surface area contributed by atoms with Crippen molar-refractivity contribution in [1.29, 1.82) is 0 Å². The van der Waals surface area contributed by atoms with Gasteiger partial charge in [-0.05, 0) is 35.0 Å². The van der Waals surface area contributed by atoms with Crippen LogP contribution in [0.15, 0.2) is 29.0 Å². The first-order chi connectivity index (χ1) is 10.6. The Labute approximate surface area is 139 Å². The number of alkyl halides is 1. The highest BCUT2D eigenvalue weighted by atomic mass is 79.9. The largest absolute Gasteiger partial charge is 0.321 e. The smallest absolute Gasteiger partial charge is 0.227 e. The fourth-order valence-corrected chi connectivity index (χ4v) is 2.58. The number of nitrogens with zero attached hydrogens (tertiary/aromatic N) is 4. The Kier molecular flexibility index (Phi) is 4.26. The molecule has 0 atom stereocenters. The Hall–Kier alpha value is -1.73. The Morgan fingerprint density at radius 1 is 1.36 bits per heavy atom. The molecule has 0 aliphatic heterocycles. The Morgan fingerprint density at radius 3 is 2.95 bits per heavy atom. The van der Waals surface area contributed by atoms with Gasteiger partial charge in [0.2, 0.25) is 5.95 Å². The van der Waals surface area contributed by atoms with Crippen LogP contribution in [0.2, 0.25) is 5.02 Å². The zero-order valence-electron chi connectivity index (χ0n) is 11.6. The lowest BCUT2D eigenvalue weighted by Gasteiger charge is -2.06. The first-order valence-corrected chi connectivity index (χ1v) is 7.73. The first kappa shape index (κ1) is 15.2. The molecule has 0 spiro atoms. The molecule has 0 fully saturated rings. The van der Waals surface area contributed by atoms with Gasteiger partial charge < -0.3 is 5.32 Å². The van der Waals surface area contributed by atoms with Gasteiger partial charge in [-0.2, -0.15) is 5.10 Å². The van der Waals surface area contributed by atoms with Crippen molar-refractivity contribution in [3.63, 3.8) is 0 Å². The average Bonchev–Trinajstić information content (AvgIpc) is 2.82. The highest BCUT2D eigenvalue weighted by Crippen LogP contribution is 2.28. The van der Waals surface area contributed by atoms with Crippen molar-refractivity contribution in [1.82, 2.24) is 19.7 Å². The minimum Gasteiger partial charge on any atom is -0.321 e. The second-order valence-corrected chi connectivity index (χ2v) is 5.96. The Bertz CT molecular complexity index is 835. The van der Waals surface area contributed by atoms with Gasteiger partial charge in [0.05, 0.1) is 34.7 Å². The molecule has 0 aliphatic carbocycles. The number of aryl methyl sites for hydroxylation is 1. The number of halogens is 3. The number of benzene rings is 1. The summed E-state index contributed by atoms with van der Waals surface area (Å²) in [5.41, 5.74) is 2.35. The summed E-state index contributed by atoms with van der Waals surface area (Å²) >= 11 is 9.43. The van der Waals surface area contributed by atoms with Crippen LogP contribution in [0.1, 0.15) is 5.69 Å². The van der Waals surface area contributed by atoms with Crippen LogP contribution in [-0.2, 0) is 6.54 Å². The quantitative estimate of drug-likeness (QED) is 0.730. The van der Waals surface area contributed by atoms with E-state index >= 15 is 0 Å². The van der Waals surface area contributed by atoms with Gasteiger partial charge >= 0.3 is 0 Å². The fraction of sp³-hybridized carbons (Fsp3) is 0.214. The van der Waals surface area contributed by atoms with E-state index in [1.807, 2.05) is 13.0 Å². The Balaban J connectivity index is 1.92. The monoisotopic (exact) mass is 383 g/mol. The molecule has 114 valence electrons. The van der Waals surface area contributed by atoms with Crippen molar-refractivity contribution < 1.29 is 4.39 Å². The summed E-state index contributed by atoms with van der Waals surface area (Å²) in [5, 5.41) is 8.69. The number of hydrogen-bond donors (Lipinski definition) is 1. The Morgan fingerprint density at radius 2 is 2.18 bits per heavy atom. The number of anilines is 2. The van der Waals surface area contributed by atoms with Crippen LogP contribution in [-0.4, -0.2) is 26.4 Å². The lowest BCUT2D eigenvalue weighted by Crippen LogP contribution is -2.04. The van der Waals surface area contributed by atoms with E-state index in [4.69, 9.17) is 11.6 Å². The van der Waals surface area contributed by atoms with Crippen LogP contribution in [0.4, 0.5) is 16.0 Å². The van der Waals surface area contributed by atoms with E-state index in [1.165, 1.54) is 0 Å². The highest BCUT2D eigenvalue weighted by Gasteiger charge is 2.09. The molecular formula is C14H12BrClFN5. The van der Waals surface area contributed by atoms with Crippen molar-refractivity contribution in [3.05, 3.63) is 39.7 Å². The van der Waals surface area contributed by atoms with Gasteiger partial charge in [0.15, 0.2) is 0 Å². The van der Waals surface area contributed by atoms with Gasteiger partial charge in [0.25, 0.3) is 0 Å². The number of nitrogens with one attached hydrogen (secondary N) is 1. The third-order valence-corrected chi connectivity index (χ3v) is 4.46. The van der Waals surface area contributed by atoms with Crippen molar-refractivity contribution in [2.75, 3.05) is 12.0 Å². The predicted molar refractivity (Wildman–Crippen MR) is 88.5 cm³/mol. The molecule has 3 aromatic rings. The topological polar surface area (TPSA) is 55.6 Å². The summed E-state index contributed by atoms with van der Waals surface area (Å²) in [6, 6.07) is 3.64. The van der Waals surface area contributed by atoms with Crippen LogP contribution in [0.5, 0.6) is 0 Å². The predicted octanol–water partition coefficient (Wildman–Crippen LogP) is 4.26. The molecule has 0 bridgehead atoms. The van der Waals surface area contributed by atoms with Crippen LogP contribution in [0.25, 0.3) is 10.9 Å². The third-order valence-electron chi connectivity index (χ3n) is 3.27. The maximum absolute atomic E-state index is 12.4. The van der Waals surface area contributed by atoms with Crippen molar-refractivity contribution in [2.45, 2.75) is 13.5 Å². The SMILES string of the molecule is Cc1c(Nc2ncc3cc(Cl)c(Br)cc3n2)cnn1CCF. The van der Waals surface area contributed by atoms with E-state index in [2.05, 4.69) is 36.3 Å².